The average molecular weight is 251 g/mol. The molecular formula is C15H25NS. The van der Waals surface area contributed by atoms with Crippen molar-refractivity contribution in [1.29, 1.82) is 0 Å². The molecule has 0 saturated carbocycles. The highest BCUT2D eigenvalue weighted by atomic mass is 32.2. The van der Waals surface area contributed by atoms with Gasteiger partial charge in [-0.3, -0.25) is 0 Å². The van der Waals surface area contributed by atoms with E-state index in [0.29, 0.717) is 6.04 Å². The molecule has 0 spiro atoms. The Hall–Kier alpha value is -0.470. The topological polar surface area (TPSA) is 12.0 Å². The van der Waals surface area contributed by atoms with E-state index in [-0.39, 0.29) is 0 Å². The van der Waals surface area contributed by atoms with E-state index in [9.17, 15) is 0 Å². The standard InChI is InChI=1S/C15H25NS/c1-5-17-11-15(16-4)14-8-6-7-13(10-14)9-12(2)3/h6-8,10,12,15-16H,5,9,11H2,1-4H3. The summed E-state index contributed by atoms with van der Waals surface area (Å²) in [6.45, 7) is 6.76. The molecule has 1 unspecified atom stereocenters. The summed E-state index contributed by atoms with van der Waals surface area (Å²) in [5.41, 5.74) is 2.88. The van der Waals surface area contributed by atoms with Crippen LogP contribution >= 0.6 is 11.8 Å². The van der Waals surface area contributed by atoms with Crippen molar-refractivity contribution >= 4 is 11.8 Å². The van der Waals surface area contributed by atoms with Gasteiger partial charge in [0.2, 0.25) is 0 Å². The zero-order valence-corrected chi connectivity index (χ0v) is 12.3. The number of rotatable bonds is 7. The van der Waals surface area contributed by atoms with Crippen LogP contribution in [0.15, 0.2) is 24.3 Å². The van der Waals surface area contributed by atoms with Gasteiger partial charge in [-0.2, -0.15) is 11.8 Å². The van der Waals surface area contributed by atoms with Gasteiger partial charge in [0.05, 0.1) is 0 Å². The third-order valence-corrected chi connectivity index (χ3v) is 3.81. The van der Waals surface area contributed by atoms with E-state index < -0.39 is 0 Å². The molecule has 1 rings (SSSR count). The molecule has 17 heavy (non-hydrogen) atoms. The highest BCUT2D eigenvalue weighted by molar-refractivity contribution is 7.99. The monoisotopic (exact) mass is 251 g/mol. The molecule has 1 N–H and O–H groups in total. The summed E-state index contributed by atoms with van der Waals surface area (Å²) in [5, 5.41) is 3.41. The lowest BCUT2D eigenvalue weighted by atomic mass is 9.99. The van der Waals surface area contributed by atoms with Gasteiger partial charge in [-0.05, 0) is 36.3 Å². The first-order chi connectivity index (χ1) is 8.17. The van der Waals surface area contributed by atoms with E-state index in [1.54, 1.807) is 0 Å². The van der Waals surface area contributed by atoms with Gasteiger partial charge in [0.1, 0.15) is 0 Å². The molecule has 1 aromatic rings. The fraction of sp³-hybridized carbons (Fsp3) is 0.600. The lowest BCUT2D eigenvalue weighted by Crippen LogP contribution is -2.19. The molecule has 0 aliphatic heterocycles. The number of thioether (sulfide) groups is 1. The van der Waals surface area contributed by atoms with Crippen LogP contribution < -0.4 is 5.32 Å². The third kappa shape index (κ3) is 5.13. The lowest BCUT2D eigenvalue weighted by Gasteiger charge is -2.17. The highest BCUT2D eigenvalue weighted by Crippen LogP contribution is 2.20. The Labute approximate surface area is 110 Å². The Bertz CT molecular complexity index is 322. The normalized spacial score (nSPS) is 13.0. The summed E-state index contributed by atoms with van der Waals surface area (Å²) in [4.78, 5) is 0. The molecule has 1 aromatic carbocycles. The Morgan fingerprint density at radius 1 is 1.29 bits per heavy atom. The van der Waals surface area contributed by atoms with Gasteiger partial charge in [0, 0.05) is 11.8 Å². The minimum absolute atomic E-state index is 0.479. The quantitative estimate of drug-likeness (QED) is 0.789. The average Bonchev–Trinajstić information content (AvgIpc) is 2.30. The zero-order valence-electron chi connectivity index (χ0n) is 11.5. The Morgan fingerprint density at radius 2 is 2.06 bits per heavy atom. The van der Waals surface area contributed by atoms with Crippen LogP contribution in [0, 0.1) is 5.92 Å². The van der Waals surface area contributed by atoms with Crippen molar-refractivity contribution in [3.63, 3.8) is 0 Å². The van der Waals surface area contributed by atoms with E-state index in [0.717, 1.165) is 11.7 Å². The van der Waals surface area contributed by atoms with Crippen LogP contribution in [-0.2, 0) is 6.42 Å². The van der Waals surface area contributed by atoms with Crippen molar-refractivity contribution in [3.05, 3.63) is 35.4 Å². The molecule has 0 aromatic heterocycles. The van der Waals surface area contributed by atoms with Crippen LogP contribution in [0.1, 0.15) is 37.9 Å². The minimum atomic E-state index is 0.479. The Morgan fingerprint density at radius 3 is 2.65 bits per heavy atom. The number of benzene rings is 1. The van der Waals surface area contributed by atoms with Gasteiger partial charge in [0.15, 0.2) is 0 Å². The van der Waals surface area contributed by atoms with Gasteiger partial charge in [-0.15, -0.1) is 0 Å². The molecule has 0 heterocycles. The molecular weight excluding hydrogens is 226 g/mol. The first-order valence-corrected chi connectivity index (χ1v) is 7.66. The second-order valence-corrected chi connectivity index (χ2v) is 6.16. The van der Waals surface area contributed by atoms with Gasteiger partial charge >= 0.3 is 0 Å². The number of hydrogen-bond acceptors (Lipinski definition) is 2. The van der Waals surface area contributed by atoms with Gasteiger partial charge in [-0.1, -0.05) is 45.0 Å². The van der Waals surface area contributed by atoms with Gasteiger partial charge < -0.3 is 5.32 Å². The second-order valence-electron chi connectivity index (χ2n) is 4.84. The summed E-state index contributed by atoms with van der Waals surface area (Å²) < 4.78 is 0. The van der Waals surface area contributed by atoms with Crippen molar-refractivity contribution in [3.8, 4) is 0 Å². The van der Waals surface area contributed by atoms with Crippen LogP contribution in [0.25, 0.3) is 0 Å². The van der Waals surface area contributed by atoms with Crippen LogP contribution in [0.5, 0.6) is 0 Å². The Kier molecular flexibility index (Phi) is 6.68. The summed E-state index contributed by atoms with van der Waals surface area (Å²) in [6.07, 6.45) is 1.17. The molecule has 0 aliphatic rings. The number of nitrogens with one attached hydrogen (secondary N) is 1. The predicted octanol–water partition coefficient (Wildman–Crippen LogP) is 3.90. The molecule has 0 fully saturated rings. The molecule has 0 aliphatic carbocycles. The van der Waals surface area contributed by atoms with Crippen molar-refractivity contribution in [2.24, 2.45) is 5.92 Å². The van der Waals surface area contributed by atoms with E-state index >= 15 is 0 Å². The SMILES string of the molecule is CCSCC(NC)c1cccc(CC(C)C)c1. The fourth-order valence-corrected chi connectivity index (χ4v) is 2.82. The van der Waals surface area contributed by atoms with E-state index in [1.165, 1.54) is 23.3 Å². The molecule has 0 bridgehead atoms. The predicted molar refractivity (Wildman–Crippen MR) is 79.8 cm³/mol. The smallest absolute Gasteiger partial charge is 0.0409 e. The zero-order chi connectivity index (χ0) is 12.7. The van der Waals surface area contributed by atoms with Crippen LogP contribution in [0.3, 0.4) is 0 Å². The summed E-state index contributed by atoms with van der Waals surface area (Å²) in [7, 11) is 2.05. The maximum absolute atomic E-state index is 3.41. The first kappa shape index (κ1) is 14.6. The van der Waals surface area contributed by atoms with Crippen molar-refractivity contribution in [2.45, 2.75) is 33.2 Å². The summed E-state index contributed by atoms with van der Waals surface area (Å²) in [6, 6.07) is 9.50. The molecule has 1 atom stereocenters. The van der Waals surface area contributed by atoms with E-state index in [4.69, 9.17) is 0 Å². The maximum Gasteiger partial charge on any atom is 0.0409 e. The van der Waals surface area contributed by atoms with Gasteiger partial charge in [-0.25, -0.2) is 0 Å². The van der Waals surface area contributed by atoms with Crippen LogP contribution in [0.2, 0.25) is 0 Å². The van der Waals surface area contributed by atoms with E-state index in [1.807, 2.05) is 11.8 Å². The maximum atomic E-state index is 3.41. The van der Waals surface area contributed by atoms with Crippen molar-refractivity contribution in [1.82, 2.24) is 5.32 Å². The highest BCUT2D eigenvalue weighted by Gasteiger charge is 2.09. The first-order valence-electron chi connectivity index (χ1n) is 6.51. The Balaban J connectivity index is 2.73. The number of hydrogen-bond donors (Lipinski definition) is 1. The molecule has 0 amide bonds. The third-order valence-electron chi connectivity index (χ3n) is 2.83. The second kappa shape index (κ2) is 7.78. The summed E-state index contributed by atoms with van der Waals surface area (Å²) in [5.74, 6) is 3.06. The van der Waals surface area contributed by atoms with Crippen LogP contribution in [-0.4, -0.2) is 18.6 Å². The molecule has 96 valence electrons. The van der Waals surface area contributed by atoms with E-state index in [2.05, 4.69) is 57.4 Å². The van der Waals surface area contributed by atoms with Crippen molar-refractivity contribution < 1.29 is 0 Å². The molecule has 0 radical (unpaired) electrons. The molecule has 2 heteroatoms. The van der Waals surface area contributed by atoms with Gasteiger partial charge in [0.25, 0.3) is 0 Å². The molecule has 0 saturated heterocycles. The lowest BCUT2D eigenvalue weighted by molar-refractivity contribution is 0.638. The molecule has 1 nitrogen and oxygen atoms in total. The van der Waals surface area contributed by atoms with Crippen LogP contribution in [0.4, 0.5) is 0 Å². The fourth-order valence-electron chi connectivity index (χ4n) is 1.99. The largest absolute Gasteiger partial charge is 0.312 e. The summed E-state index contributed by atoms with van der Waals surface area (Å²) >= 11 is 1.99. The minimum Gasteiger partial charge on any atom is -0.312 e. The van der Waals surface area contributed by atoms with Crippen molar-refractivity contribution in [2.75, 3.05) is 18.6 Å².